The van der Waals surface area contributed by atoms with Crippen molar-refractivity contribution in [3.63, 3.8) is 0 Å². The molecule has 2 heterocycles. The second-order valence-electron chi connectivity index (χ2n) is 5.04. The number of ether oxygens (including phenoxy) is 1. The average molecular weight is 376 g/mol. The van der Waals surface area contributed by atoms with E-state index in [9.17, 15) is 9.59 Å². The number of nitrogens with zero attached hydrogens (tertiary/aromatic N) is 3. The number of aromatic nitrogens is 3. The van der Waals surface area contributed by atoms with Gasteiger partial charge < -0.3 is 10.1 Å². The lowest BCUT2D eigenvalue weighted by Crippen LogP contribution is -2.26. The fraction of sp³-hybridized carbons (Fsp3) is 0.250. The van der Waals surface area contributed by atoms with Crippen molar-refractivity contribution < 1.29 is 9.53 Å². The first kappa shape index (κ1) is 17.6. The number of carbonyl (C=O) groups is 1. The molecule has 3 aromatic rings. The van der Waals surface area contributed by atoms with Crippen molar-refractivity contribution in [1.82, 2.24) is 14.5 Å². The van der Waals surface area contributed by atoms with Crippen molar-refractivity contribution in [1.29, 1.82) is 0 Å². The molecule has 0 bridgehead atoms. The Bertz CT molecular complexity index is 925. The summed E-state index contributed by atoms with van der Waals surface area (Å²) in [5.74, 6) is -0.0576. The zero-order valence-electron chi connectivity index (χ0n) is 13.5. The Morgan fingerprint density at radius 3 is 3.00 bits per heavy atom. The standard InChI is InChI=1S/C16H16N4O3S2/c1-23-8-7-20-14(22)11-4-2-3-5-12(11)18-16(20)25-10-13(21)19-15-17-6-9-24-15/h2-6,9H,7-8,10H2,1H3,(H,17,19,21). The lowest BCUT2D eigenvalue weighted by atomic mass is 10.2. The molecular formula is C16H16N4O3S2. The van der Waals surface area contributed by atoms with Gasteiger partial charge in [0.1, 0.15) is 0 Å². The van der Waals surface area contributed by atoms with Crippen LogP contribution in [0.2, 0.25) is 0 Å². The number of rotatable bonds is 7. The molecule has 0 fully saturated rings. The van der Waals surface area contributed by atoms with E-state index in [4.69, 9.17) is 4.74 Å². The molecule has 0 spiro atoms. The first-order valence-electron chi connectivity index (χ1n) is 7.49. The van der Waals surface area contributed by atoms with Crippen LogP contribution in [0.15, 0.2) is 45.8 Å². The third-order valence-corrected chi connectivity index (χ3v) is 5.02. The topological polar surface area (TPSA) is 86.1 Å². The summed E-state index contributed by atoms with van der Waals surface area (Å²) < 4.78 is 6.63. The minimum Gasteiger partial charge on any atom is -0.383 e. The van der Waals surface area contributed by atoms with E-state index >= 15 is 0 Å². The van der Waals surface area contributed by atoms with E-state index in [1.54, 1.807) is 41.5 Å². The number of thiazole rings is 1. The Balaban J connectivity index is 1.83. The van der Waals surface area contributed by atoms with Gasteiger partial charge in [-0.15, -0.1) is 11.3 Å². The average Bonchev–Trinajstić information content (AvgIpc) is 3.12. The first-order chi connectivity index (χ1) is 12.2. The Kier molecular flexibility index (Phi) is 5.79. The Morgan fingerprint density at radius 1 is 1.40 bits per heavy atom. The molecule has 0 atom stereocenters. The summed E-state index contributed by atoms with van der Waals surface area (Å²) in [4.78, 5) is 33.3. The Labute approximate surface area is 152 Å². The van der Waals surface area contributed by atoms with E-state index in [1.165, 1.54) is 23.1 Å². The SMILES string of the molecule is COCCn1c(SCC(=O)Nc2nccs2)nc2ccccc2c1=O. The Hall–Kier alpha value is -2.23. The number of carbonyl (C=O) groups excluding carboxylic acids is 1. The van der Waals surface area contributed by atoms with Crippen LogP contribution in [0.25, 0.3) is 10.9 Å². The van der Waals surface area contributed by atoms with E-state index in [0.717, 1.165) is 0 Å². The summed E-state index contributed by atoms with van der Waals surface area (Å²) in [5, 5.41) is 6.10. The number of anilines is 1. The van der Waals surface area contributed by atoms with Gasteiger partial charge in [0.25, 0.3) is 5.56 Å². The maximum absolute atomic E-state index is 12.7. The van der Waals surface area contributed by atoms with E-state index in [2.05, 4.69) is 15.3 Å². The van der Waals surface area contributed by atoms with Crippen molar-refractivity contribution in [3.05, 3.63) is 46.2 Å². The second-order valence-corrected chi connectivity index (χ2v) is 6.87. The van der Waals surface area contributed by atoms with Crippen LogP contribution in [0.5, 0.6) is 0 Å². The lowest BCUT2D eigenvalue weighted by molar-refractivity contribution is -0.113. The quantitative estimate of drug-likeness (QED) is 0.503. The van der Waals surface area contributed by atoms with Crippen LogP contribution in [0, 0.1) is 0 Å². The number of nitrogens with one attached hydrogen (secondary N) is 1. The third kappa shape index (κ3) is 4.25. The van der Waals surface area contributed by atoms with Gasteiger partial charge in [-0.3, -0.25) is 14.2 Å². The molecule has 9 heteroatoms. The molecule has 0 aliphatic heterocycles. The number of thioether (sulfide) groups is 1. The molecule has 0 unspecified atom stereocenters. The smallest absolute Gasteiger partial charge is 0.262 e. The summed E-state index contributed by atoms with van der Waals surface area (Å²) in [6.45, 7) is 0.766. The molecule has 0 radical (unpaired) electrons. The third-order valence-electron chi connectivity index (χ3n) is 3.36. The Morgan fingerprint density at radius 2 is 2.24 bits per heavy atom. The van der Waals surface area contributed by atoms with E-state index < -0.39 is 0 Å². The largest absolute Gasteiger partial charge is 0.383 e. The highest BCUT2D eigenvalue weighted by Gasteiger charge is 2.13. The highest BCUT2D eigenvalue weighted by atomic mass is 32.2. The minimum absolute atomic E-state index is 0.134. The molecular weight excluding hydrogens is 360 g/mol. The molecule has 7 nitrogen and oxygen atoms in total. The van der Waals surface area contributed by atoms with E-state index in [-0.39, 0.29) is 17.2 Å². The number of para-hydroxylation sites is 1. The molecule has 2 aromatic heterocycles. The number of fused-ring (bicyclic) bond motifs is 1. The van der Waals surface area contributed by atoms with Gasteiger partial charge >= 0.3 is 0 Å². The van der Waals surface area contributed by atoms with Gasteiger partial charge in [-0.2, -0.15) is 0 Å². The molecule has 1 amide bonds. The van der Waals surface area contributed by atoms with Crippen molar-refractivity contribution in [3.8, 4) is 0 Å². The number of amides is 1. The number of hydrogen-bond donors (Lipinski definition) is 1. The predicted octanol–water partition coefficient (Wildman–Crippen LogP) is 2.23. The maximum atomic E-state index is 12.7. The lowest BCUT2D eigenvalue weighted by Gasteiger charge is -2.12. The molecule has 0 saturated heterocycles. The molecule has 130 valence electrons. The molecule has 0 aliphatic rings. The molecule has 3 rings (SSSR count). The normalized spacial score (nSPS) is 10.9. The van der Waals surface area contributed by atoms with Crippen LogP contribution in [0.1, 0.15) is 0 Å². The van der Waals surface area contributed by atoms with Crippen LogP contribution in [0.4, 0.5) is 5.13 Å². The van der Waals surface area contributed by atoms with Gasteiger partial charge in [0, 0.05) is 18.7 Å². The van der Waals surface area contributed by atoms with Gasteiger partial charge in [0.05, 0.1) is 29.8 Å². The summed E-state index contributed by atoms with van der Waals surface area (Å²) in [7, 11) is 1.58. The summed E-state index contributed by atoms with van der Waals surface area (Å²) in [6.07, 6.45) is 1.63. The van der Waals surface area contributed by atoms with Gasteiger partial charge in [-0.25, -0.2) is 9.97 Å². The monoisotopic (exact) mass is 376 g/mol. The molecule has 0 aliphatic carbocycles. The number of hydrogen-bond acceptors (Lipinski definition) is 7. The minimum atomic E-state index is -0.194. The summed E-state index contributed by atoms with van der Waals surface area (Å²) in [5.41, 5.74) is 0.481. The highest BCUT2D eigenvalue weighted by Crippen LogP contribution is 2.18. The van der Waals surface area contributed by atoms with Crippen molar-refractivity contribution in [2.24, 2.45) is 0 Å². The first-order valence-corrected chi connectivity index (χ1v) is 9.36. The van der Waals surface area contributed by atoms with Gasteiger partial charge in [0.15, 0.2) is 10.3 Å². The fourth-order valence-electron chi connectivity index (χ4n) is 2.21. The van der Waals surface area contributed by atoms with Gasteiger partial charge in [-0.05, 0) is 12.1 Å². The number of benzene rings is 1. The van der Waals surface area contributed by atoms with Crippen LogP contribution in [-0.2, 0) is 16.1 Å². The van der Waals surface area contributed by atoms with Crippen molar-refractivity contribution in [2.75, 3.05) is 24.8 Å². The molecule has 1 N–H and O–H groups in total. The van der Waals surface area contributed by atoms with Crippen LogP contribution >= 0.6 is 23.1 Å². The zero-order chi connectivity index (χ0) is 17.6. The van der Waals surface area contributed by atoms with Gasteiger partial charge in [0.2, 0.25) is 5.91 Å². The van der Waals surface area contributed by atoms with Crippen LogP contribution in [0.3, 0.4) is 0 Å². The molecule has 0 saturated carbocycles. The molecule has 25 heavy (non-hydrogen) atoms. The fourth-order valence-corrected chi connectivity index (χ4v) is 3.58. The van der Waals surface area contributed by atoms with Crippen LogP contribution in [-0.4, -0.2) is 39.9 Å². The maximum Gasteiger partial charge on any atom is 0.262 e. The van der Waals surface area contributed by atoms with Crippen molar-refractivity contribution >= 4 is 45.0 Å². The highest BCUT2D eigenvalue weighted by molar-refractivity contribution is 7.99. The summed E-state index contributed by atoms with van der Waals surface area (Å²) in [6, 6.07) is 7.17. The number of methoxy groups -OCH3 is 1. The van der Waals surface area contributed by atoms with Crippen LogP contribution < -0.4 is 10.9 Å². The van der Waals surface area contributed by atoms with Gasteiger partial charge in [-0.1, -0.05) is 23.9 Å². The van der Waals surface area contributed by atoms with E-state index in [1.807, 2.05) is 6.07 Å². The molecule has 1 aromatic carbocycles. The summed E-state index contributed by atoms with van der Waals surface area (Å²) >= 11 is 2.57. The van der Waals surface area contributed by atoms with E-state index in [0.29, 0.717) is 34.3 Å². The second kappa shape index (κ2) is 8.24. The predicted molar refractivity (Wildman–Crippen MR) is 99.3 cm³/mol. The van der Waals surface area contributed by atoms with Crippen molar-refractivity contribution in [2.45, 2.75) is 11.7 Å². The zero-order valence-corrected chi connectivity index (χ0v) is 15.1.